The first-order valence-electron chi connectivity index (χ1n) is 11.6. The van der Waals surface area contributed by atoms with E-state index in [1.54, 1.807) is 6.92 Å². The summed E-state index contributed by atoms with van der Waals surface area (Å²) in [5, 5.41) is 22.2. The molecule has 2 aromatic carbocycles. The molecule has 2 aromatic rings. The second kappa shape index (κ2) is 10.1. The number of aliphatic carboxylic acids is 1. The van der Waals surface area contributed by atoms with E-state index in [-0.39, 0.29) is 38.5 Å². The molecule has 0 saturated carbocycles. The van der Waals surface area contributed by atoms with Gasteiger partial charge in [-0.05, 0) is 28.7 Å². The summed E-state index contributed by atoms with van der Waals surface area (Å²) in [6.07, 6.45) is -1.68. The Balaban J connectivity index is 1.51. The number of fused-ring (bicyclic) bond motifs is 3. The van der Waals surface area contributed by atoms with Crippen molar-refractivity contribution >= 4 is 18.0 Å². The standard InChI is InChI=1S/C26H30N2O7/c1-3-26(15-34-2,24(32)28-13-16(29)12-22(28)23(30)31)27-25(33)35-14-21-19-10-6-4-8-17(19)18-9-5-7-11-20(18)21/h4-11,16,21-22,29H,3,12-15H2,1-2H3,(H,27,33)(H,30,31)/t16-,22-,26?/m1/s1. The van der Waals surface area contributed by atoms with Crippen LogP contribution in [-0.2, 0) is 19.1 Å². The second-order valence-electron chi connectivity index (χ2n) is 9.02. The Morgan fingerprint density at radius 3 is 2.23 bits per heavy atom. The number of alkyl carbamates (subject to hydrolysis) is 1. The van der Waals surface area contributed by atoms with E-state index < -0.39 is 35.7 Å². The lowest BCUT2D eigenvalue weighted by Gasteiger charge is -2.36. The molecule has 1 heterocycles. The van der Waals surface area contributed by atoms with Gasteiger partial charge < -0.3 is 29.9 Å². The number of hydrogen-bond donors (Lipinski definition) is 3. The number of hydrogen-bond acceptors (Lipinski definition) is 6. The van der Waals surface area contributed by atoms with E-state index in [2.05, 4.69) is 5.32 Å². The first kappa shape index (κ1) is 24.7. The molecule has 4 rings (SSSR count). The number of nitrogens with zero attached hydrogens (tertiary/aromatic N) is 1. The topological polar surface area (TPSA) is 125 Å². The molecule has 2 aliphatic rings. The van der Waals surface area contributed by atoms with Crippen LogP contribution in [-0.4, -0.2) is 77.6 Å². The van der Waals surface area contributed by atoms with Gasteiger partial charge in [-0.1, -0.05) is 55.5 Å². The minimum Gasteiger partial charge on any atom is -0.480 e. The highest BCUT2D eigenvalue weighted by atomic mass is 16.5. The molecule has 2 amide bonds. The third-order valence-corrected chi connectivity index (χ3v) is 6.91. The molecule has 3 N–H and O–H groups in total. The Bertz CT molecular complexity index is 1070. The fourth-order valence-corrected chi connectivity index (χ4v) is 5.12. The lowest BCUT2D eigenvalue weighted by atomic mass is 9.94. The molecule has 3 atom stereocenters. The van der Waals surface area contributed by atoms with Crippen LogP contribution < -0.4 is 5.32 Å². The Labute approximate surface area is 203 Å². The normalized spacial score (nSPS) is 20.6. The van der Waals surface area contributed by atoms with Crippen molar-refractivity contribution in [3.63, 3.8) is 0 Å². The van der Waals surface area contributed by atoms with Gasteiger partial charge in [-0.25, -0.2) is 9.59 Å². The number of carboxylic acids is 1. The molecular weight excluding hydrogens is 452 g/mol. The number of nitrogens with one attached hydrogen (secondary N) is 1. The van der Waals surface area contributed by atoms with E-state index in [4.69, 9.17) is 9.47 Å². The van der Waals surface area contributed by atoms with E-state index in [1.807, 2.05) is 48.5 Å². The van der Waals surface area contributed by atoms with Crippen molar-refractivity contribution in [3.8, 4) is 11.1 Å². The molecule has 0 bridgehead atoms. The van der Waals surface area contributed by atoms with E-state index in [0.717, 1.165) is 27.2 Å². The number of benzene rings is 2. The predicted octanol–water partition coefficient (Wildman–Crippen LogP) is 2.37. The number of amides is 2. The van der Waals surface area contributed by atoms with E-state index in [1.165, 1.54) is 7.11 Å². The van der Waals surface area contributed by atoms with Gasteiger partial charge in [0.2, 0.25) is 0 Å². The van der Waals surface area contributed by atoms with Crippen LogP contribution in [0.5, 0.6) is 0 Å². The van der Waals surface area contributed by atoms with Crippen LogP contribution in [0.15, 0.2) is 48.5 Å². The van der Waals surface area contributed by atoms with Gasteiger partial charge in [-0.2, -0.15) is 0 Å². The van der Waals surface area contributed by atoms with Crippen LogP contribution in [0.3, 0.4) is 0 Å². The fraction of sp³-hybridized carbons (Fsp3) is 0.423. The molecule has 35 heavy (non-hydrogen) atoms. The molecule has 1 unspecified atom stereocenters. The van der Waals surface area contributed by atoms with Crippen LogP contribution in [0.25, 0.3) is 11.1 Å². The van der Waals surface area contributed by atoms with Gasteiger partial charge in [0.25, 0.3) is 5.91 Å². The third-order valence-electron chi connectivity index (χ3n) is 6.91. The smallest absolute Gasteiger partial charge is 0.408 e. The number of likely N-dealkylation sites (tertiary alicyclic amines) is 1. The minimum atomic E-state index is -1.53. The molecule has 1 aliphatic carbocycles. The summed E-state index contributed by atoms with van der Waals surface area (Å²) in [7, 11) is 1.39. The molecular formula is C26H30N2O7. The van der Waals surface area contributed by atoms with Gasteiger partial charge in [0.05, 0.1) is 12.7 Å². The zero-order valence-electron chi connectivity index (χ0n) is 19.8. The number of rotatable bonds is 8. The zero-order valence-corrected chi connectivity index (χ0v) is 19.8. The zero-order chi connectivity index (χ0) is 25.2. The quantitative estimate of drug-likeness (QED) is 0.527. The maximum absolute atomic E-state index is 13.5. The average Bonchev–Trinajstić information content (AvgIpc) is 3.40. The largest absolute Gasteiger partial charge is 0.480 e. The molecule has 0 aromatic heterocycles. The number of carbonyl (C=O) groups excluding carboxylic acids is 2. The van der Waals surface area contributed by atoms with Crippen LogP contribution in [0.2, 0.25) is 0 Å². The lowest BCUT2D eigenvalue weighted by Crippen LogP contribution is -2.63. The summed E-state index contributed by atoms with van der Waals surface area (Å²) in [5.74, 6) is -1.98. The van der Waals surface area contributed by atoms with Gasteiger partial charge >= 0.3 is 12.1 Å². The molecule has 9 nitrogen and oxygen atoms in total. The summed E-state index contributed by atoms with van der Waals surface area (Å²) in [6.45, 7) is 1.46. The monoisotopic (exact) mass is 482 g/mol. The first-order chi connectivity index (χ1) is 16.8. The van der Waals surface area contributed by atoms with E-state index in [0.29, 0.717) is 0 Å². The third kappa shape index (κ3) is 4.61. The van der Waals surface area contributed by atoms with Crippen molar-refractivity contribution in [2.75, 3.05) is 26.9 Å². The SMILES string of the molecule is CCC(COC)(NC(=O)OCC1c2ccccc2-c2ccccc21)C(=O)N1C[C@H](O)C[C@@H]1C(=O)O. The molecule has 186 valence electrons. The minimum absolute atomic E-state index is 0.0704. The average molecular weight is 483 g/mol. The number of carboxylic acid groups (broad SMARTS) is 1. The van der Waals surface area contributed by atoms with Crippen LogP contribution in [0.4, 0.5) is 4.79 Å². The molecule has 1 fully saturated rings. The maximum atomic E-state index is 13.5. The molecule has 1 aliphatic heterocycles. The number of β-amino-alcohol motifs (C(OH)–C–C–N with tert-alkyl or cyclic N) is 1. The van der Waals surface area contributed by atoms with Gasteiger partial charge in [-0.3, -0.25) is 4.79 Å². The maximum Gasteiger partial charge on any atom is 0.408 e. The van der Waals surface area contributed by atoms with Gasteiger partial charge in [0.15, 0.2) is 0 Å². The Morgan fingerprint density at radius 1 is 1.09 bits per heavy atom. The van der Waals surface area contributed by atoms with Crippen LogP contribution in [0.1, 0.15) is 36.8 Å². The van der Waals surface area contributed by atoms with E-state index in [9.17, 15) is 24.6 Å². The lowest BCUT2D eigenvalue weighted by molar-refractivity contribution is -0.152. The molecule has 0 spiro atoms. The van der Waals surface area contributed by atoms with Crippen LogP contribution in [0, 0.1) is 0 Å². The van der Waals surface area contributed by atoms with Crippen molar-refractivity contribution in [2.24, 2.45) is 0 Å². The van der Waals surface area contributed by atoms with Crippen molar-refractivity contribution in [2.45, 2.75) is 43.4 Å². The fourth-order valence-electron chi connectivity index (χ4n) is 5.12. The Morgan fingerprint density at radius 2 is 1.69 bits per heavy atom. The van der Waals surface area contributed by atoms with Crippen molar-refractivity contribution < 1.29 is 34.1 Å². The molecule has 0 radical (unpaired) electrons. The Kier molecular flexibility index (Phi) is 7.09. The number of aliphatic hydroxyl groups is 1. The molecule has 9 heteroatoms. The number of ether oxygens (including phenoxy) is 2. The van der Waals surface area contributed by atoms with Gasteiger partial charge in [-0.15, -0.1) is 0 Å². The first-order valence-corrected chi connectivity index (χ1v) is 11.6. The highest BCUT2D eigenvalue weighted by molar-refractivity contribution is 5.93. The van der Waals surface area contributed by atoms with Crippen molar-refractivity contribution in [3.05, 3.63) is 59.7 Å². The summed E-state index contributed by atoms with van der Waals surface area (Å²) in [6, 6.07) is 14.8. The van der Waals surface area contributed by atoms with Crippen molar-refractivity contribution in [1.29, 1.82) is 0 Å². The Hall–Kier alpha value is -3.43. The van der Waals surface area contributed by atoms with Crippen molar-refractivity contribution in [1.82, 2.24) is 10.2 Å². The predicted molar refractivity (Wildman–Crippen MR) is 127 cm³/mol. The summed E-state index contributed by atoms with van der Waals surface area (Å²) < 4.78 is 10.9. The highest BCUT2D eigenvalue weighted by Crippen LogP contribution is 2.44. The van der Waals surface area contributed by atoms with E-state index >= 15 is 0 Å². The number of aliphatic hydroxyl groups excluding tert-OH is 1. The summed E-state index contributed by atoms with van der Waals surface area (Å²) in [4.78, 5) is 39.2. The summed E-state index contributed by atoms with van der Waals surface area (Å²) in [5.41, 5.74) is 2.79. The summed E-state index contributed by atoms with van der Waals surface area (Å²) >= 11 is 0. The van der Waals surface area contributed by atoms with Crippen LogP contribution >= 0.6 is 0 Å². The molecule has 1 saturated heterocycles. The number of carbonyl (C=O) groups is 3. The highest BCUT2D eigenvalue weighted by Gasteiger charge is 2.48. The van der Waals surface area contributed by atoms with Gasteiger partial charge in [0.1, 0.15) is 18.2 Å². The van der Waals surface area contributed by atoms with Gasteiger partial charge in [0, 0.05) is 26.0 Å². The second-order valence-corrected chi connectivity index (χ2v) is 9.02. The number of methoxy groups -OCH3 is 1.